The number of hydrogen-bond donors (Lipinski definition) is 3. The largest absolute Gasteiger partial charge is 0.388 e. The molecule has 0 aliphatic heterocycles. The molecule has 78 valence electrons. The quantitative estimate of drug-likeness (QED) is 0.499. The van der Waals surface area contributed by atoms with E-state index in [4.69, 9.17) is 11.5 Å². The lowest BCUT2D eigenvalue weighted by Crippen LogP contribution is -2.22. The highest BCUT2D eigenvalue weighted by Gasteiger charge is 1.97. The van der Waals surface area contributed by atoms with Gasteiger partial charge in [0.2, 0.25) is 0 Å². The van der Waals surface area contributed by atoms with Crippen LogP contribution in [0.3, 0.4) is 0 Å². The molecular weight excluding hydrogens is 176 g/mol. The van der Waals surface area contributed by atoms with Gasteiger partial charge in [-0.25, -0.2) is 4.99 Å². The molecule has 0 bridgehead atoms. The third kappa shape index (κ3) is 3.35. The molecule has 0 heterocycles. The number of aliphatic imine (C=N–C) groups is 1. The molecule has 4 nitrogen and oxygen atoms in total. The molecule has 0 aliphatic carbocycles. The smallest absolute Gasteiger partial charge is 0.186 e. The highest BCUT2D eigenvalue weighted by molar-refractivity contribution is 5.75. The molecular formula is C10H18N4. The van der Waals surface area contributed by atoms with Gasteiger partial charge >= 0.3 is 0 Å². The van der Waals surface area contributed by atoms with Crippen LogP contribution in [0.1, 0.15) is 13.0 Å². The van der Waals surface area contributed by atoms with Crippen LogP contribution in [-0.2, 0) is 6.54 Å². The van der Waals surface area contributed by atoms with Gasteiger partial charge in [-0.05, 0) is 11.6 Å². The Morgan fingerprint density at radius 2 is 2.00 bits per heavy atom. The first-order valence-corrected chi connectivity index (χ1v) is 4.05. The van der Waals surface area contributed by atoms with E-state index in [0.717, 1.165) is 11.3 Å². The van der Waals surface area contributed by atoms with Crippen molar-refractivity contribution in [2.75, 3.05) is 12.4 Å². The highest BCUT2D eigenvalue weighted by atomic mass is 15.0. The number of guanidine groups is 1. The van der Waals surface area contributed by atoms with Crippen molar-refractivity contribution in [2.45, 2.75) is 14.0 Å². The van der Waals surface area contributed by atoms with Gasteiger partial charge in [0.25, 0.3) is 0 Å². The SMILES string of the molecule is C.CNc1ccccc1CN=C(N)N. The molecule has 0 unspecified atom stereocenters. The fraction of sp³-hybridized carbons (Fsp3) is 0.300. The monoisotopic (exact) mass is 194 g/mol. The minimum absolute atomic E-state index is 0. The first-order valence-electron chi connectivity index (χ1n) is 4.05. The second-order valence-corrected chi connectivity index (χ2v) is 2.65. The second-order valence-electron chi connectivity index (χ2n) is 2.65. The van der Waals surface area contributed by atoms with Crippen LogP contribution in [0.5, 0.6) is 0 Å². The minimum atomic E-state index is 0. The van der Waals surface area contributed by atoms with E-state index < -0.39 is 0 Å². The Morgan fingerprint density at radius 1 is 1.36 bits per heavy atom. The predicted octanol–water partition coefficient (Wildman–Crippen LogP) is 1.14. The van der Waals surface area contributed by atoms with Gasteiger partial charge < -0.3 is 16.8 Å². The molecule has 4 heteroatoms. The van der Waals surface area contributed by atoms with Crippen LogP contribution in [0, 0.1) is 0 Å². The number of nitrogens with two attached hydrogens (primary N) is 2. The van der Waals surface area contributed by atoms with Gasteiger partial charge in [-0.3, -0.25) is 0 Å². The number of anilines is 1. The normalized spacial score (nSPS) is 8.64. The van der Waals surface area contributed by atoms with Crippen LogP contribution in [0.25, 0.3) is 0 Å². The summed E-state index contributed by atoms with van der Waals surface area (Å²) in [5, 5.41) is 3.07. The molecule has 0 spiro atoms. The first kappa shape index (κ1) is 12.3. The predicted molar refractivity (Wildman–Crippen MR) is 62.2 cm³/mol. The van der Waals surface area contributed by atoms with E-state index in [0.29, 0.717) is 6.54 Å². The second kappa shape index (κ2) is 5.85. The summed E-state index contributed by atoms with van der Waals surface area (Å²) in [4.78, 5) is 3.94. The van der Waals surface area contributed by atoms with Crippen LogP contribution in [0.15, 0.2) is 29.3 Å². The van der Waals surface area contributed by atoms with Crippen molar-refractivity contribution in [3.8, 4) is 0 Å². The molecule has 5 N–H and O–H groups in total. The molecule has 0 amide bonds. The van der Waals surface area contributed by atoms with E-state index in [1.807, 2.05) is 31.3 Å². The topological polar surface area (TPSA) is 76.4 Å². The van der Waals surface area contributed by atoms with E-state index in [2.05, 4.69) is 10.3 Å². The van der Waals surface area contributed by atoms with Crippen molar-refractivity contribution in [2.24, 2.45) is 16.5 Å². The van der Waals surface area contributed by atoms with E-state index in [9.17, 15) is 0 Å². The summed E-state index contributed by atoms with van der Waals surface area (Å²) in [5.41, 5.74) is 12.6. The zero-order valence-electron chi connectivity index (χ0n) is 7.62. The van der Waals surface area contributed by atoms with Crippen LogP contribution in [0.2, 0.25) is 0 Å². The number of benzene rings is 1. The van der Waals surface area contributed by atoms with Crippen molar-refractivity contribution < 1.29 is 0 Å². The standard InChI is InChI=1S/C9H14N4.CH4/c1-12-8-5-3-2-4-7(8)6-13-9(10)11;/h2-5,12H,6H2,1H3,(H4,10,11,13);1H4. The zero-order chi connectivity index (χ0) is 9.68. The van der Waals surface area contributed by atoms with Crippen molar-refractivity contribution >= 4 is 11.6 Å². The zero-order valence-corrected chi connectivity index (χ0v) is 7.62. The third-order valence-electron chi connectivity index (χ3n) is 1.72. The fourth-order valence-electron chi connectivity index (χ4n) is 1.08. The Morgan fingerprint density at radius 3 is 2.57 bits per heavy atom. The Kier molecular flexibility index (Phi) is 5.14. The van der Waals surface area contributed by atoms with Crippen molar-refractivity contribution in [3.05, 3.63) is 29.8 Å². The van der Waals surface area contributed by atoms with E-state index in [1.54, 1.807) is 0 Å². The maximum atomic E-state index is 5.24. The minimum Gasteiger partial charge on any atom is -0.388 e. The molecule has 0 atom stereocenters. The molecule has 0 saturated heterocycles. The summed E-state index contributed by atoms with van der Waals surface area (Å²) >= 11 is 0. The summed E-state index contributed by atoms with van der Waals surface area (Å²) in [5.74, 6) is 0.117. The average Bonchev–Trinajstić information content (AvgIpc) is 2.15. The van der Waals surface area contributed by atoms with E-state index in [-0.39, 0.29) is 13.4 Å². The van der Waals surface area contributed by atoms with E-state index >= 15 is 0 Å². The Hall–Kier alpha value is -1.71. The van der Waals surface area contributed by atoms with Crippen LogP contribution >= 0.6 is 0 Å². The lowest BCUT2D eigenvalue weighted by atomic mass is 10.2. The summed E-state index contributed by atoms with van der Waals surface area (Å²) < 4.78 is 0. The summed E-state index contributed by atoms with van der Waals surface area (Å²) in [7, 11) is 1.87. The van der Waals surface area contributed by atoms with Crippen LogP contribution < -0.4 is 16.8 Å². The van der Waals surface area contributed by atoms with E-state index in [1.165, 1.54) is 0 Å². The van der Waals surface area contributed by atoms with Gasteiger partial charge in [0.05, 0.1) is 6.54 Å². The molecule has 0 aliphatic rings. The number of nitrogens with zero attached hydrogens (tertiary/aromatic N) is 1. The lowest BCUT2D eigenvalue weighted by Gasteiger charge is -2.05. The molecule has 14 heavy (non-hydrogen) atoms. The summed E-state index contributed by atoms with van der Waals surface area (Å²) in [6.07, 6.45) is 0. The molecule has 0 fully saturated rings. The van der Waals surface area contributed by atoms with Crippen molar-refractivity contribution in [3.63, 3.8) is 0 Å². The van der Waals surface area contributed by atoms with Crippen LogP contribution in [-0.4, -0.2) is 13.0 Å². The Balaban J connectivity index is 0.00000169. The van der Waals surface area contributed by atoms with Gasteiger partial charge in [-0.2, -0.15) is 0 Å². The lowest BCUT2D eigenvalue weighted by molar-refractivity contribution is 1.05. The number of rotatable bonds is 3. The molecule has 1 aromatic rings. The highest BCUT2D eigenvalue weighted by Crippen LogP contribution is 2.14. The van der Waals surface area contributed by atoms with Crippen LogP contribution in [0.4, 0.5) is 5.69 Å². The number of hydrogen-bond acceptors (Lipinski definition) is 2. The maximum Gasteiger partial charge on any atom is 0.186 e. The molecule has 0 saturated carbocycles. The van der Waals surface area contributed by atoms with Crippen molar-refractivity contribution in [1.29, 1.82) is 0 Å². The molecule has 0 radical (unpaired) electrons. The van der Waals surface area contributed by atoms with Gasteiger partial charge in [-0.15, -0.1) is 0 Å². The third-order valence-corrected chi connectivity index (χ3v) is 1.72. The van der Waals surface area contributed by atoms with Gasteiger partial charge in [-0.1, -0.05) is 25.6 Å². The first-order chi connectivity index (χ1) is 6.24. The number of para-hydroxylation sites is 1. The Labute approximate surface area is 85.0 Å². The molecule has 1 rings (SSSR count). The maximum absolute atomic E-state index is 5.24. The average molecular weight is 194 g/mol. The fourth-order valence-corrected chi connectivity index (χ4v) is 1.08. The Bertz CT molecular complexity index is 303. The summed E-state index contributed by atoms with van der Waals surface area (Å²) in [6, 6.07) is 7.89. The summed E-state index contributed by atoms with van der Waals surface area (Å²) in [6.45, 7) is 0.513. The van der Waals surface area contributed by atoms with Gasteiger partial charge in [0, 0.05) is 12.7 Å². The van der Waals surface area contributed by atoms with Gasteiger partial charge in [0.1, 0.15) is 0 Å². The number of nitrogens with one attached hydrogen (secondary N) is 1. The molecule has 1 aromatic carbocycles. The molecule has 0 aromatic heterocycles. The van der Waals surface area contributed by atoms with Crippen molar-refractivity contribution in [1.82, 2.24) is 0 Å². The van der Waals surface area contributed by atoms with Gasteiger partial charge in [0.15, 0.2) is 5.96 Å².